The number of benzene rings is 1. The molecule has 0 aliphatic heterocycles. The average Bonchev–Trinajstić information content (AvgIpc) is 2.44. The summed E-state index contributed by atoms with van der Waals surface area (Å²) < 4.78 is 5.01. The minimum atomic E-state index is -1.00. The van der Waals surface area contributed by atoms with E-state index in [0.717, 1.165) is 11.6 Å². The predicted molar refractivity (Wildman–Crippen MR) is 76.6 cm³/mol. The van der Waals surface area contributed by atoms with Gasteiger partial charge in [0, 0.05) is 25.4 Å². The largest absolute Gasteiger partial charge is 0.478 e. The van der Waals surface area contributed by atoms with Gasteiger partial charge in [-0.3, -0.25) is 0 Å². The number of nitrogens with one attached hydrogen (secondary N) is 2. The van der Waals surface area contributed by atoms with Crippen molar-refractivity contribution in [2.75, 3.05) is 19.0 Å². The van der Waals surface area contributed by atoms with Crippen LogP contribution in [0, 0.1) is 0 Å². The van der Waals surface area contributed by atoms with Crippen LogP contribution in [-0.4, -0.2) is 36.9 Å². The van der Waals surface area contributed by atoms with Crippen molar-refractivity contribution >= 4 is 23.8 Å². The fraction of sp³-hybridized carbons (Fsp3) is 0.286. The van der Waals surface area contributed by atoms with Crippen LogP contribution in [-0.2, 0) is 9.53 Å². The van der Waals surface area contributed by atoms with Gasteiger partial charge in [0.15, 0.2) is 0 Å². The third-order valence-electron chi connectivity index (χ3n) is 2.54. The molecule has 1 rings (SSSR count). The SMILES string of the molecule is COC(C)CNC(=O)Nc1ccc(/C=C/C(=O)O)cc1. The number of amides is 2. The molecule has 0 fully saturated rings. The summed E-state index contributed by atoms with van der Waals surface area (Å²) in [5, 5.41) is 13.8. The van der Waals surface area contributed by atoms with Crippen LogP contribution in [0.3, 0.4) is 0 Å². The zero-order valence-corrected chi connectivity index (χ0v) is 11.4. The van der Waals surface area contributed by atoms with E-state index in [0.29, 0.717) is 12.2 Å². The van der Waals surface area contributed by atoms with E-state index >= 15 is 0 Å². The van der Waals surface area contributed by atoms with E-state index < -0.39 is 5.97 Å². The number of methoxy groups -OCH3 is 1. The van der Waals surface area contributed by atoms with Crippen LogP contribution in [0.15, 0.2) is 30.3 Å². The molecule has 20 heavy (non-hydrogen) atoms. The second kappa shape index (κ2) is 7.96. The normalized spacial score (nSPS) is 12.1. The van der Waals surface area contributed by atoms with Crippen molar-refractivity contribution in [1.82, 2.24) is 5.32 Å². The summed E-state index contributed by atoms with van der Waals surface area (Å²) in [7, 11) is 1.58. The lowest BCUT2D eigenvalue weighted by Gasteiger charge is -2.11. The molecule has 6 heteroatoms. The molecule has 1 aromatic carbocycles. The van der Waals surface area contributed by atoms with Crippen LogP contribution in [0.25, 0.3) is 6.08 Å². The van der Waals surface area contributed by atoms with Gasteiger partial charge in [-0.1, -0.05) is 12.1 Å². The molecule has 1 aromatic rings. The van der Waals surface area contributed by atoms with E-state index in [1.54, 1.807) is 31.4 Å². The number of carbonyl (C=O) groups is 2. The van der Waals surface area contributed by atoms with Gasteiger partial charge in [0.25, 0.3) is 0 Å². The monoisotopic (exact) mass is 278 g/mol. The van der Waals surface area contributed by atoms with Crippen molar-refractivity contribution in [2.45, 2.75) is 13.0 Å². The maximum absolute atomic E-state index is 11.6. The molecule has 3 N–H and O–H groups in total. The zero-order chi connectivity index (χ0) is 15.0. The molecule has 0 bridgehead atoms. The molecule has 1 atom stereocenters. The van der Waals surface area contributed by atoms with Crippen molar-refractivity contribution in [2.24, 2.45) is 0 Å². The summed E-state index contributed by atoms with van der Waals surface area (Å²) in [6, 6.07) is 6.50. The highest BCUT2D eigenvalue weighted by atomic mass is 16.5. The van der Waals surface area contributed by atoms with Crippen LogP contribution in [0.1, 0.15) is 12.5 Å². The van der Waals surface area contributed by atoms with Crippen LogP contribution in [0.4, 0.5) is 10.5 Å². The highest BCUT2D eigenvalue weighted by molar-refractivity contribution is 5.89. The smallest absolute Gasteiger partial charge is 0.328 e. The Morgan fingerprint density at radius 3 is 2.55 bits per heavy atom. The zero-order valence-electron chi connectivity index (χ0n) is 11.4. The van der Waals surface area contributed by atoms with Crippen LogP contribution >= 0.6 is 0 Å². The van der Waals surface area contributed by atoms with Gasteiger partial charge in [-0.2, -0.15) is 0 Å². The number of aliphatic carboxylic acids is 1. The van der Waals surface area contributed by atoms with Crippen molar-refractivity contribution in [3.8, 4) is 0 Å². The quantitative estimate of drug-likeness (QED) is 0.694. The molecule has 108 valence electrons. The standard InChI is InChI=1S/C14H18N2O4/c1-10(20-2)9-15-14(19)16-12-6-3-11(4-7-12)5-8-13(17)18/h3-8,10H,9H2,1-2H3,(H,17,18)(H2,15,16,19)/b8-5+. The summed E-state index contributed by atoms with van der Waals surface area (Å²) >= 11 is 0. The number of carboxylic acid groups (broad SMARTS) is 1. The van der Waals surface area contributed by atoms with E-state index in [4.69, 9.17) is 9.84 Å². The lowest BCUT2D eigenvalue weighted by atomic mass is 10.2. The molecule has 0 heterocycles. The molecule has 0 aliphatic rings. The number of anilines is 1. The summed E-state index contributed by atoms with van der Waals surface area (Å²) in [6.45, 7) is 2.27. The fourth-order valence-electron chi connectivity index (χ4n) is 1.34. The molecule has 0 saturated carbocycles. The minimum Gasteiger partial charge on any atom is -0.478 e. The first-order valence-electron chi connectivity index (χ1n) is 6.10. The van der Waals surface area contributed by atoms with Gasteiger partial charge in [0.05, 0.1) is 6.10 Å². The summed E-state index contributed by atoms with van der Waals surface area (Å²) in [5.41, 5.74) is 1.37. The Morgan fingerprint density at radius 1 is 1.35 bits per heavy atom. The van der Waals surface area contributed by atoms with E-state index in [1.165, 1.54) is 6.08 Å². The molecular formula is C14H18N2O4. The van der Waals surface area contributed by atoms with Crippen molar-refractivity contribution in [3.05, 3.63) is 35.9 Å². The van der Waals surface area contributed by atoms with Gasteiger partial charge in [0.1, 0.15) is 0 Å². The Kier molecular flexibility index (Phi) is 6.25. The Labute approximate surface area is 117 Å². The third-order valence-corrected chi connectivity index (χ3v) is 2.54. The Balaban J connectivity index is 2.48. The van der Waals surface area contributed by atoms with Gasteiger partial charge in [-0.25, -0.2) is 9.59 Å². The topological polar surface area (TPSA) is 87.7 Å². The van der Waals surface area contributed by atoms with Crippen LogP contribution < -0.4 is 10.6 Å². The lowest BCUT2D eigenvalue weighted by Crippen LogP contribution is -2.34. The maximum atomic E-state index is 11.6. The summed E-state index contributed by atoms with van der Waals surface area (Å²) in [6.07, 6.45) is 2.48. The molecule has 0 radical (unpaired) electrons. The van der Waals surface area contributed by atoms with Crippen LogP contribution in [0.5, 0.6) is 0 Å². The first-order chi connectivity index (χ1) is 9.51. The van der Waals surface area contributed by atoms with Gasteiger partial charge >= 0.3 is 12.0 Å². The highest BCUT2D eigenvalue weighted by Gasteiger charge is 2.04. The Morgan fingerprint density at radius 2 is 2.00 bits per heavy atom. The number of carbonyl (C=O) groups excluding carboxylic acids is 1. The van der Waals surface area contributed by atoms with Gasteiger partial charge in [-0.15, -0.1) is 0 Å². The Bertz CT molecular complexity index is 482. The predicted octanol–water partition coefficient (Wildman–Crippen LogP) is 1.94. The maximum Gasteiger partial charge on any atom is 0.328 e. The lowest BCUT2D eigenvalue weighted by molar-refractivity contribution is -0.131. The fourth-order valence-corrected chi connectivity index (χ4v) is 1.34. The number of rotatable bonds is 6. The van der Waals surface area contributed by atoms with E-state index in [2.05, 4.69) is 10.6 Å². The molecule has 0 spiro atoms. The summed E-state index contributed by atoms with van der Waals surface area (Å²) in [5.74, 6) is -1.00. The molecule has 0 aromatic heterocycles. The Hall–Kier alpha value is -2.34. The first kappa shape index (κ1) is 15.7. The molecule has 2 amide bonds. The number of carboxylic acids is 1. The van der Waals surface area contributed by atoms with E-state index in [9.17, 15) is 9.59 Å². The third kappa shape index (κ3) is 6.01. The number of ether oxygens (including phenoxy) is 1. The molecule has 1 unspecified atom stereocenters. The highest BCUT2D eigenvalue weighted by Crippen LogP contribution is 2.10. The minimum absolute atomic E-state index is 0.0516. The number of hydrogen-bond acceptors (Lipinski definition) is 3. The van der Waals surface area contributed by atoms with E-state index in [1.807, 2.05) is 6.92 Å². The average molecular weight is 278 g/mol. The first-order valence-corrected chi connectivity index (χ1v) is 6.10. The van der Waals surface area contributed by atoms with Gasteiger partial charge in [-0.05, 0) is 30.7 Å². The number of urea groups is 1. The number of hydrogen-bond donors (Lipinski definition) is 3. The van der Waals surface area contributed by atoms with Crippen LogP contribution in [0.2, 0.25) is 0 Å². The molecule has 0 saturated heterocycles. The summed E-state index contributed by atoms with van der Waals surface area (Å²) in [4.78, 5) is 21.9. The van der Waals surface area contributed by atoms with Crippen molar-refractivity contribution in [1.29, 1.82) is 0 Å². The van der Waals surface area contributed by atoms with Gasteiger partial charge < -0.3 is 20.5 Å². The molecule has 6 nitrogen and oxygen atoms in total. The second-order valence-electron chi connectivity index (χ2n) is 4.17. The second-order valence-corrected chi connectivity index (χ2v) is 4.17. The molecular weight excluding hydrogens is 260 g/mol. The van der Waals surface area contributed by atoms with Crippen molar-refractivity contribution in [3.63, 3.8) is 0 Å². The van der Waals surface area contributed by atoms with Gasteiger partial charge in [0.2, 0.25) is 0 Å². The molecule has 0 aliphatic carbocycles. The van der Waals surface area contributed by atoms with E-state index in [-0.39, 0.29) is 12.1 Å². The van der Waals surface area contributed by atoms with Crippen molar-refractivity contribution < 1.29 is 19.4 Å².